The molecule has 0 amide bonds. The lowest BCUT2D eigenvalue weighted by molar-refractivity contribution is 0.238. The molecule has 100 valence electrons. The summed E-state index contributed by atoms with van der Waals surface area (Å²) in [6, 6.07) is 8.72. The average molecular weight is 247 g/mol. The number of benzene rings is 1. The molecule has 2 rings (SSSR count). The van der Waals surface area contributed by atoms with Gasteiger partial charge in [0.2, 0.25) is 0 Å². The number of ether oxygens (including phenoxy) is 1. The number of hydrogen-bond acceptors (Lipinski definition) is 2. The molecule has 1 saturated carbocycles. The fraction of sp³-hybridized carbons (Fsp3) is 0.625. The Kier molecular flexibility index (Phi) is 4.28. The second-order valence-corrected chi connectivity index (χ2v) is 5.89. The van der Waals surface area contributed by atoms with E-state index in [0.717, 1.165) is 18.9 Å². The molecule has 0 aliphatic heterocycles. The van der Waals surface area contributed by atoms with Crippen LogP contribution in [0.15, 0.2) is 24.3 Å². The van der Waals surface area contributed by atoms with Crippen molar-refractivity contribution in [3.63, 3.8) is 0 Å². The van der Waals surface area contributed by atoms with Gasteiger partial charge in [-0.15, -0.1) is 0 Å². The molecule has 2 heteroatoms. The van der Waals surface area contributed by atoms with Gasteiger partial charge in [-0.3, -0.25) is 0 Å². The van der Waals surface area contributed by atoms with Crippen LogP contribution < -0.4 is 10.1 Å². The first-order chi connectivity index (χ1) is 8.66. The number of rotatable bonds is 6. The van der Waals surface area contributed by atoms with Gasteiger partial charge in [-0.05, 0) is 43.5 Å². The molecule has 1 N–H and O–H groups in total. The van der Waals surface area contributed by atoms with E-state index >= 15 is 0 Å². The normalized spacial score (nSPS) is 17.6. The third kappa shape index (κ3) is 2.86. The second-order valence-electron chi connectivity index (χ2n) is 5.89. The molecule has 0 aromatic heterocycles. The van der Waals surface area contributed by atoms with Crippen molar-refractivity contribution in [1.82, 2.24) is 5.32 Å². The molecule has 1 aliphatic rings. The summed E-state index contributed by atoms with van der Waals surface area (Å²) >= 11 is 0. The minimum atomic E-state index is 0.380. The topological polar surface area (TPSA) is 21.3 Å². The van der Waals surface area contributed by atoms with Crippen molar-refractivity contribution in [2.45, 2.75) is 38.5 Å². The molecular weight excluding hydrogens is 222 g/mol. The van der Waals surface area contributed by atoms with Gasteiger partial charge in [0.25, 0.3) is 0 Å². The molecule has 0 bridgehead atoms. The van der Waals surface area contributed by atoms with Gasteiger partial charge in [0.1, 0.15) is 5.75 Å². The van der Waals surface area contributed by atoms with Crippen molar-refractivity contribution in [2.24, 2.45) is 5.92 Å². The highest BCUT2D eigenvalue weighted by molar-refractivity contribution is 5.34. The minimum absolute atomic E-state index is 0.380. The van der Waals surface area contributed by atoms with Gasteiger partial charge in [-0.25, -0.2) is 0 Å². The highest BCUT2D eigenvalue weighted by Crippen LogP contribution is 2.43. The molecular formula is C16H25NO. The van der Waals surface area contributed by atoms with Crippen LogP contribution in [0.1, 0.15) is 38.7 Å². The van der Waals surface area contributed by atoms with E-state index in [-0.39, 0.29) is 0 Å². The standard InChI is InChI=1S/C16H25NO/c1-13(2)11-18-15-7-5-14(6-8-15)16(12-17-3)9-4-10-16/h5-8,13,17H,4,9-12H2,1-3H3. The van der Waals surface area contributed by atoms with Crippen LogP contribution in [0.4, 0.5) is 0 Å². The van der Waals surface area contributed by atoms with Crippen molar-refractivity contribution in [1.29, 1.82) is 0 Å². The summed E-state index contributed by atoms with van der Waals surface area (Å²) in [5.74, 6) is 1.57. The first-order valence-electron chi connectivity index (χ1n) is 7.04. The maximum atomic E-state index is 5.73. The van der Waals surface area contributed by atoms with Crippen molar-refractivity contribution >= 4 is 0 Å². The van der Waals surface area contributed by atoms with E-state index in [9.17, 15) is 0 Å². The lowest BCUT2D eigenvalue weighted by atomic mass is 9.64. The van der Waals surface area contributed by atoms with Gasteiger partial charge in [0, 0.05) is 12.0 Å². The summed E-state index contributed by atoms with van der Waals surface area (Å²) in [5, 5.41) is 3.33. The molecule has 18 heavy (non-hydrogen) atoms. The van der Waals surface area contributed by atoms with E-state index in [1.165, 1.54) is 24.8 Å². The number of hydrogen-bond donors (Lipinski definition) is 1. The van der Waals surface area contributed by atoms with E-state index in [2.05, 4.69) is 43.4 Å². The Bertz CT molecular complexity index is 365. The van der Waals surface area contributed by atoms with E-state index < -0.39 is 0 Å². The third-order valence-electron chi connectivity index (χ3n) is 3.88. The minimum Gasteiger partial charge on any atom is -0.493 e. The Hall–Kier alpha value is -1.02. The van der Waals surface area contributed by atoms with Crippen LogP contribution in [0, 0.1) is 5.92 Å². The summed E-state index contributed by atoms with van der Waals surface area (Å²) < 4.78 is 5.73. The van der Waals surface area contributed by atoms with Gasteiger partial charge in [-0.1, -0.05) is 32.4 Å². The van der Waals surface area contributed by atoms with Crippen LogP contribution in [0.3, 0.4) is 0 Å². The monoisotopic (exact) mass is 247 g/mol. The molecule has 0 radical (unpaired) electrons. The zero-order valence-electron chi connectivity index (χ0n) is 11.8. The molecule has 2 nitrogen and oxygen atoms in total. The maximum Gasteiger partial charge on any atom is 0.119 e. The molecule has 0 spiro atoms. The lowest BCUT2D eigenvalue weighted by Gasteiger charge is -2.42. The Morgan fingerprint density at radius 2 is 1.89 bits per heavy atom. The molecule has 0 unspecified atom stereocenters. The Morgan fingerprint density at radius 3 is 2.33 bits per heavy atom. The maximum absolute atomic E-state index is 5.73. The molecule has 0 saturated heterocycles. The van der Waals surface area contributed by atoms with Crippen molar-refractivity contribution in [3.8, 4) is 5.75 Å². The van der Waals surface area contributed by atoms with Crippen molar-refractivity contribution in [3.05, 3.63) is 29.8 Å². The summed E-state index contributed by atoms with van der Waals surface area (Å²) in [7, 11) is 2.04. The Labute approximate surface area is 111 Å². The van der Waals surface area contributed by atoms with E-state index in [1.54, 1.807) is 0 Å². The first kappa shape index (κ1) is 13.4. The van der Waals surface area contributed by atoms with Crippen LogP contribution in [0.2, 0.25) is 0 Å². The van der Waals surface area contributed by atoms with Crippen LogP contribution in [0.25, 0.3) is 0 Å². The smallest absolute Gasteiger partial charge is 0.119 e. The van der Waals surface area contributed by atoms with Crippen molar-refractivity contribution in [2.75, 3.05) is 20.2 Å². The number of likely N-dealkylation sites (N-methyl/N-ethyl adjacent to an activating group) is 1. The molecule has 1 fully saturated rings. The Morgan fingerprint density at radius 1 is 1.22 bits per heavy atom. The van der Waals surface area contributed by atoms with E-state index in [0.29, 0.717) is 11.3 Å². The predicted molar refractivity (Wildman–Crippen MR) is 76.2 cm³/mol. The molecule has 1 aromatic carbocycles. The van der Waals surface area contributed by atoms with Gasteiger partial charge < -0.3 is 10.1 Å². The first-order valence-corrected chi connectivity index (χ1v) is 7.04. The molecule has 0 heterocycles. The van der Waals surface area contributed by atoms with Gasteiger partial charge in [0.05, 0.1) is 6.61 Å². The van der Waals surface area contributed by atoms with Crippen molar-refractivity contribution < 1.29 is 4.74 Å². The van der Waals surface area contributed by atoms with Crippen LogP contribution in [-0.4, -0.2) is 20.2 Å². The zero-order chi connectivity index (χ0) is 13.0. The largest absolute Gasteiger partial charge is 0.493 e. The summed E-state index contributed by atoms with van der Waals surface area (Å²) in [5.41, 5.74) is 1.84. The summed E-state index contributed by atoms with van der Waals surface area (Å²) in [6.45, 7) is 6.22. The molecule has 1 aromatic rings. The summed E-state index contributed by atoms with van der Waals surface area (Å²) in [6.07, 6.45) is 3.97. The Balaban J connectivity index is 2.02. The zero-order valence-corrected chi connectivity index (χ0v) is 11.8. The average Bonchev–Trinajstić information content (AvgIpc) is 2.32. The number of nitrogens with one attached hydrogen (secondary N) is 1. The summed E-state index contributed by atoms with van der Waals surface area (Å²) in [4.78, 5) is 0. The van der Waals surface area contributed by atoms with Gasteiger partial charge in [-0.2, -0.15) is 0 Å². The van der Waals surface area contributed by atoms with Gasteiger partial charge >= 0.3 is 0 Å². The van der Waals surface area contributed by atoms with Crippen LogP contribution >= 0.6 is 0 Å². The quantitative estimate of drug-likeness (QED) is 0.832. The molecule has 0 atom stereocenters. The van der Waals surface area contributed by atoms with Crippen LogP contribution in [-0.2, 0) is 5.41 Å². The fourth-order valence-electron chi connectivity index (χ4n) is 2.68. The van der Waals surface area contributed by atoms with Gasteiger partial charge in [0.15, 0.2) is 0 Å². The van der Waals surface area contributed by atoms with Crippen LogP contribution in [0.5, 0.6) is 5.75 Å². The highest BCUT2D eigenvalue weighted by Gasteiger charge is 2.37. The predicted octanol–water partition coefficient (Wildman–Crippen LogP) is 3.36. The lowest BCUT2D eigenvalue weighted by Crippen LogP contribution is -2.42. The second kappa shape index (κ2) is 5.75. The fourth-order valence-corrected chi connectivity index (χ4v) is 2.68. The van der Waals surface area contributed by atoms with E-state index in [1.807, 2.05) is 7.05 Å². The highest BCUT2D eigenvalue weighted by atomic mass is 16.5. The SMILES string of the molecule is CNCC1(c2ccc(OCC(C)C)cc2)CCC1. The molecule has 1 aliphatic carbocycles. The van der Waals surface area contributed by atoms with E-state index in [4.69, 9.17) is 4.74 Å². The third-order valence-corrected chi connectivity index (χ3v) is 3.88.